The second-order valence-corrected chi connectivity index (χ2v) is 15.3. The fourth-order valence-corrected chi connectivity index (χ4v) is 10.3. The van der Waals surface area contributed by atoms with Crippen molar-refractivity contribution in [3.63, 3.8) is 0 Å². The smallest absolute Gasteiger partial charge is 0.175 e. The van der Waals surface area contributed by atoms with Gasteiger partial charge in [-0.3, -0.25) is 19.2 Å². The minimum absolute atomic E-state index is 0.153. The van der Waals surface area contributed by atoms with Gasteiger partial charge >= 0.3 is 0 Å². The first-order valence-corrected chi connectivity index (χ1v) is 17.3. The molecule has 0 saturated carbocycles. The summed E-state index contributed by atoms with van der Waals surface area (Å²) in [5.74, 6) is 5.82. The lowest BCUT2D eigenvalue weighted by atomic mass is 10.5. The van der Waals surface area contributed by atoms with Crippen molar-refractivity contribution in [2.45, 2.75) is 46.9 Å². The van der Waals surface area contributed by atoms with Crippen LogP contribution in [0.4, 0.5) is 0 Å². The summed E-state index contributed by atoms with van der Waals surface area (Å²) in [5.41, 5.74) is 0. The van der Waals surface area contributed by atoms with Crippen LogP contribution in [0.25, 0.3) is 0 Å². The summed E-state index contributed by atoms with van der Waals surface area (Å²) in [6.07, 6.45) is 0. The van der Waals surface area contributed by atoms with Crippen LogP contribution in [0, 0.1) is 0 Å². The van der Waals surface area contributed by atoms with Gasteiger partial charge < -0.3 is 0 Å². The first-order chi connectivity index (χ1) is 15.7. The van der Waals surface area contributed by atoms with Crippen molar-refractivity contribution in [3.05, 3.63) is 0 Å². The highest BCUT2D eigenvalue weighted by molar-refractivity contribution is 8.07. The van der Waals surface area contributed by atoms with Crippen LogP contribution >= 0.6 is 81.9 Å². The number of aromatic nitrogens is 2. The van der Waals surface area contributed by atoms with Crippen LogP contribution in [0.15, 0.2) is 8.68 Å². The minimum Gasteiger partial charge on any atom is -0.299 e. The Kier molecular flexibility index (Phi) is 17.7. The standard InChI is InChI=1S/C20H30N2O4S7/c1-13(23)5-27-9-17(29-7-15(3)25)11-31-19-21-22-20(33-19)32-12-18(30-8-16(4)26)10-28-6-14(2)24/h17-18H,5-12H2,1-4H3. The number of Topliss-reactive ketones (excluding diaryl/α,β-unsaturated/α-hetero) is 4. The van der Waals surface area contributed by atoms with Crippen LogP contribution in [0.5, 0.6) is 0 Å². The highest BCUT2D eigenvalue weighted by Crippen LogP contribution is 2.33. The molecular weight excluding hydrogens is 557 g/mol. The second-order valence-electron chi connectivity index (χ2n) is 7.16. The van der Waals surface area contributed by atoms with Crippen molar-refractivity contribution in [3.8, 4) is 0 Å². The topological polar surface area (TPSA) is 94.1 Å². The molecule has 0 N–H and O–H groups in total. The molecule has 0 aliphatic carbocycles. The molecule has 0 fully saturated rings. The Balaban J connectivity index is 2.53. The summed E-state index contributed by atoms with van der Waals surface area (Å²) in [7, 11) is 0. The highest BCUT2D eigenvalue weighted by Gasteiger charge is 2.16. The molecule has 0 aliphatic rings. The van der Waals surface area contributed by atoms with Gasteiger partial charge in [-0.2, -0.15) is 23.5 Å². The van der Waals surface area contributed by atoms with Crippen LogP contribution in [-0.4, -0.2) is 89.9 Å². The van der Waals surface area contributed by atoms with Crippen molar-refractivity contribution in [2.24, 2.45) is 0 Å². The number of nitrogens with zero attached hydrogens (tertiary/aromatic N) is 2. The van der Waals surface area contributed by atoms with E-state index in [2.05, 4.69) is 10.2 Å². The molecule has 2 atom stereocenters. The Labute approximate surface area is 225 Å². The molecule has 0 aliphatic heterocycles. The monoisotopic (exact) mass is 586 g/mol. The molecule has 1 rings (SSSR count). The van der Waals surface area contributed by atoms with Gasteiger partial charge in [-0.25, -0.2) is 0 Å². The van der Waals surface area contributed by atoms with E-state index < -0.39 is 0 Å². The first-order valence-electron chi connectivity index (χ1n) is 10.1. The summed E-state index contributed by atoms with van der Waals surface area (Å²) in [6.45, 7) is 6.36. The Morgan fingerprint density at radius 3 is 1.33 bits per heavy atom. The van der Waals surface area contributed by atoms with Crippen molar-refractivity contribution in [1.29, 1.82) is 0 Å². The predicted molar refractivity (Wildman–Crippen MR) is 151 cm³/mol. The van der Waals surface area contributed by atoms with Crippen molar-refractivity contribution >= 4 is 105 Å². The van der Waals surface area contributed by atoms with Gasteiger partial charge in [-0.1, -0.05) is 34.9 Å². The van der Waals surface area contributed by atoms with Crippen molar-refractivity contribution in [1.82, 2.24) is 10.2 Å². The molecule has 1 aromatic rings. The van der Waals surface area contributed by atoms with Crippen LogP contribution in [0.3, 0.4) is 0 Å². The molecular formula is C20H30N2O4S7. The Bertz CT molecular complexity index is 715. The molecule has 0 radical (unpaired) electrons. The van der Waals surface area contributed by atoms with Crippen LogP contribution in [0.1, 0.15) is 27.7 Å². The minimum atomic E-state index is 0.153. The van der Waals surface area contributed by atoms with Crippen molar-refractivity contribution < 1.29 is 19.2 Å². The average molecular weight is 587 g/mol. The van der Waals surface area contributed by atoms with E-state index in [4.69, 9.17) is 0 Å². The molecule has 6 nitrogen and oxygen atoms in total. The highest BCUT2D eigenvalue weighted by atomic mass is 32.2. The fraction of sp³-hybridized carbons (Fsp3) is 0.700. The third kappa shape index (κ3) is 17.4. The summed E-state index contributed by atoms with van der Waals surface area (Å²) in [6, 6.07) is 0. The molecule has 0 saturated heterocycles. The summed E-state index contributed by atoms with van der Waals surface area (Å²) in [4.78, 5) is 45.1. The number of hydrogen-bond donors (Lipinski definition) is 0. The maximum atomic E-state index is 11.4. The maximum Gasteiger partial charge on any atom is 0.175 e. The van der Waals surface area contributed by atoms with Gasteiger partial charge in [-0.05, 0) is 27.7 Å². The summed E-state index contributed by atoms with van der Waals surface area (Å²) >= 11 is 11.3. The zero-order valence-corrected chi connectivity index (χ0v) is 24.9. The lowest BCUT2D eigenvalue weighted by molar-refractivity contribution is -0.115. The lowest BCUT2D eigenvalue weighted by Gasteiger charge is -2.14. The largest absolute Gasteiger partial charge is 0.299 e. The van der Waals surface area contributed by atoms with Gasteiger partial charge in [-0.15, -0.1) is 33.7 Å². The van der Waals surface area contributed by atoms with Gasteiger partial charge in [0.1, 0.15) is 23.1 Å². The maximum absolute atomic E-state index is 11.4. The Morgan fingerprint density at radius 1 is 0.636 bits per heavy atom. The molecule has 0 spiro atoms. The molecule has 1 heterocycles. The predicted octanol–water partition coefficient (Wildman–Crippen LogP) is 4.75. The quantitative estimate of drug-likeness (QED) is 0.197. The van der Waals surface area contributed by atoms with Crippen LogP contribution in [0.2, 0.25) is 0 Å². The number of rotatable bonds is 20. The molecule has 186 valence electrons. The normalized spacial score (nSPS) is 13.0. The van der Waals surface area contributed by atoms with E-state index in [-0.39, 0.29) is 33.6 Å². The Hall–Kier alpha value is 0.340. The van der Waals surface area contributed by atoms with Crippen LogP contribution in [-0.2, 0) is 19.2 Å². The number of carbonyl (C=O) groups is 4. The zero-order chi connectivity index (χ0) is 24.6. The van der Waals surface area contributed by atoms with E-state index in [0.717, 1.165) is 31.7 Å². The van der Waals surface area contributed by atoms with Gasteiger partial charge in [0.2, 0.25) is 0 Å². The average Bonchev–Trinajstić information content (AvgIpc) is 3.18. The lowest BCUT2D eigenvalue weighted by Crippen LogP contribution is -2.14. The molecule has 33 heavy (non-hydrogen) atoms. The van der Waals surface area contributed by atoms with Gasteiger partial charge in [0.05, 0.1) is 23.0 Å². The van der Waals surface area contributed by atoms with Gasteiger partial charge in [0.25, 0.3) is 0 Å². The van der Waals surface area contributed by atoms with Crippen molar-refractivity contribution in [2.75, 3.05) is 46.0 Å². The summed E-state index contributed by atoms with van der Waals surface area (Å²) < 4.78 is 1.78. The van der Waals surface area contributed by atoms with Crippen LogP contribution < -0.4 is 0 Å². The second kappa shape index (κ2) is 18.6. The molecule has 2 unspecified atom stereocenters. The number of ketones is 4. The van der Waals surface area contributed by atoms with E-state index in [0.29, 0.717) is 23.0 Å². The zero-order valence-electron chi connectivity index (χ0n) is 19.2. The molecule has 0 aromatic carbocycles. The van der Waals surface area contributed by atoms with Gasteiger partial charge in [0.15, 0.2) is 8.68 Å². The van der Waals surface area contributed by atoms with E-state index in [1.807, 2.05) is 0 Å². The molecule has 0 amide bonds. The third-order valence-electron chi connectivity index (χ3n) is 3.44. The first kappa shape index (κ1) is 31.4. The number of thioether (sulfide) groups is 6. The third-order valence-corrected chi connectivity index (χ3v) is 13.0. The van der Waals surface area contributed by atoms with E-state index in [1.54, 1.807) is 110 Å². The van der Waals surface area contributed by atoms with E-state index >= 15 is 0 Å². The molecule has 1 aromatic heterocycles. The van der Waals surface area contributed by atoms with Gasteiger partial charge in [0, 0.05) is 33.5 Å². The molecule has 13 heteroatoms. The van der Waals surface area contributed by atoms with E-state index in [1.165, 1.54) is 0 Å². The number of hydrogen-bond acceptors (Lipinski definition) is 13. The SMILES string of the molecule is CC(=O)CSCC(CSc1nnc(SCC(CSCC(C)=O)SCC(C)=O)s1)SCC(C)=O. The van der Waals surface area contributed by atoms with E-state index in [9.17, 15) is 19.2 Å². The fourth-order valence-electron chi connectivity index (χ4n) is 2.07. The Morgan fingerprint density at radius 2 is 1.00 bits per heavy atom. The number of carbonyl (C=O) groups excluding carboxylic acids is 4. The summed E-state index contributed by atoms with van der Waals surface area (Å²) in [5, 5.41) is 9.10. The molecule has 0 bridgehead atoms.